The van der Waals surface area contributed by atoms with Gasteiger partial charge in [0.2, 0.25) is 5.88 Å². The highest BCUT2D eigenvalue weighted by Gasteiger charge is 2.52. The SMILES string of the molecule is CC/C(B1OC(C)(C)C(C)(C)O1)=C(/c1ccc(OCCN(C/C=C(\C=O)CN(C)C)C(=O)OC(C)(C)C)nc1)c1cc2ccccc2[nH]1. The number of allylic oxidation sites excluding steroid dienone is 1. The number of rotatable bonds is 13. The number of aromatic amines is 1. The number of ether oxygens (including phenoxy) is 2. The fourth-order valence-electron chi connectivity index (χ4n) is 5.37. The fraction of sp³-hybridized carbons (Fsp3) is 0.486. The first-order valence-corrected chi connectivity index (χ1v) is 16.6. The van der Waals surface area contributed by atoms with Crippen LogP contribution in [0.3, 0.4) is 0 Å². The van der Waals surface area contributed by atoms with Crippen LogP contribution in [0.5, 0.6) is 5.88 Å². The second-order valence-electron chi connectivity index (χ2n) is 14.4. The molecule has 0 bridgehead atoms. The number of para-hydroxylation sites is 1. The van der Waals surface area contributed by atoms with E-state index in [4.69, 9.17) is 18.8 Å². The smallest absolute Gasteiger partial charge is 0.476 e. The highest BCUT2D eigenvalue weighted by Crippen LogP contribution is 2.42. The van der Waals surface area contributed by atoms with Crippen LogP contribution in [0.15, 0.2) is 65.8 Å². The maximum atomic E-state index is 13.0. The second-order valence-corrected chi connectivity index (χ2v) is 14.4. The molecule has 1 N–H and O–H groups in total. The summed E-state index contributed by atoms with van der Waals surface area (Å²) in [7, 11) is 3.24. The van der Waals surface area contributed by atoms with E-state index in [1.165, 1.54) is 4.90 Å². The van der Waals surface area contributed by atoms with Crippen molar-refractivity contribution in [2.75, 3.05) is 40.3 Å². The van der Waals surface area contributed by atoms with Crippen molar-refractivity contribution in [2.24, 2.45) is 0 Å². The van der Waals surface area contributed by atoms with Gasteiger partial charge in [-0.2, -0.15) is 0 Å². The first-order chi connectivity index (χ1) is 22.5. The number of hydrogen-bond acceptors (Lipinski definition) is 8. The molecule has 2 aromatic heterocycles. The summed E-state index contributed by atoms with van der Waals surface area (Å²) in [4.78, 5) is 36.2. The number of H-pyrrole nitrogens is 1. The minimum atomic E-state index is -0.665. The third-order valence-electron chi connectivity index (χ3n) is 8.55. The molecule has 0 unspecified atom stereocenters. The van der Waals surface area contributed by atoms with Gasteiger partial charge in [0, 0.05) is 58.7 Å². The molecule has 1 amide bonds. The van der Waals surface area contributed by atoms with E-state index in [9.17, 15) is 9.59 Å². The Labute approximate surface area is 285 Å². The maximum absolute atomic E-state index is 13.0. The van der Waals surface area contributed by atoms with Crippen LogP contribution >= 0.6 is 0 Å². The number of nitrogens with one attached hydrogen (secondary N) is 1. The average Bonchev–Trinajstić information content (AvgIpc) is 3.52. The van der Waals surface area contributed by atoms with Crippen LogP contribution in [0.25, 0.3) is 16.5 Å². The summed E-state index contributed by atoms with van der Waals surface area (Å²) in [6, 6.07) is 14.1. The zero-order valence-electron chi connectivity index (χ0n) is 30.2. The zero-order valence-corrected chi connectivity index (χ0v) is 30.2. The van der Waals surface area contributed by atoms with Gasteiger partial charge < -0.3 is 33.6 Å². The fourth-order valence-corrected chi connectivity index (χ4v) is 5.37. The van der Waals surface area contributed by atoms with Crippen molar-refractivity contribution in [1.29, 1.82) is 0 Å². The Hall–Kier alpha value is -3.93. The van der Waals surface area contributed by atoms with Crippen molar-refractivity contribution in [3.63, 3.8) is 0 Å². The zero-order chi connectivity index (χ0) is 35.3. The summed E-state index contributed by atoms with van der Waals surface area (Å²) in [5, 5.41) is 1.11. The molecule has 1 aliphatic rings. The summed E-state index contributed by atoms with van der Waals surface area (Å²) >= 11 is 0. The number of amides is 1. The molecule has 258 valence electrons. The van der Waals surface area contributed by atoms with Crippen molar-refractivity contribution in [3.05, 3.63) is 77.0 Å². The van der Waals surface area contributed by atoms with Gasteiger partial charge in [0.25, 0.3) is 0 Å². The van der Waals surface area contributed by atoms with Crippen LogP contribution in [0.2, 0.25) is 0 Å². The summed E-state index contributed by atoms with van der Waals surface area (Å²) in [5.74, 6) is 0.421. The van der Waals surface area contributed by atoms with E-state index >= 15 is 0 Å². The quantitative estimate of drug-likeness (QED) is 0.123. The van der Waals surface area contributed by atoms with Crippen LogP contribution in [0.4, 0.5) is 4.79 Å². The Morgan fingerprint density at radius 3 is 2.31 bits per heavy atom. The molecule has 1 aromatic carbocycles. The van der Waals surface area contributed by atoms with Crippen molar-refractivity contribution in [2.45, 2.75) is 78.6 Å². The summed E-state index contributed by atoms with van der Waals surface area (Å²) < 4.78 is 24.7. The van der Waals surface area contributed by atoms with Crippen molar-refractivity contribution in [1.82, 2.24) is 19.8 Å². The van der Waals surface area contributed by atoms with E-state index in [2.05, 4.69) is 62.8 Å². The van der Waals surface area contributed by atoms with E-state index in [0.717, 1.165) is 39.5 Å². The molecule has 3 aromatic rings. The first kappa shape index (κ1) is 36.9. The molecular formula is C37H51BN4O6. The predicted octanol–water partition coefficient (Wildman–Crippen LogP) is 6.71. The van der Waals surface area contributed by atoms with Crippen molar-refractivity contribution in [3.8, 4) is 5.88 Å². The lowest BCUT2D eigenvalue weighted by Crippen LogP contribution is -2.41. The number of benzene rings is 1. The van der Waals surface area contributed by atoms with E-state index in [1.54, 1.807) is 12.3 Å². The van der Waals surface area contributed by atoms with E-state index < -0.39 is 30.0 Å². The molecule has 4 rings (SSSR count). The van der Waals surface area contributed by atoms with Crippen LogP contribution < -0.4 is 4.74 Å². The monoisotopic (exact) mass is 658 g/mol. The average molecular weight is 659 g/mol. The van der Waals surface area contributed by atoms with Crippen molar-refractivity contribution < 1.29 is 28.4 Å². The van der Waals surface area contributed by atoms with E-state index in [-0.39, 0.29) is 19.7 Å². The lowest BCUT2D eigenvalue weighted by molar-refractivity contribution is -0.105. The Bertz CT molecular complexity index is 1590. The number of likely N-dealkylation sites (N-methyl/N-ethyl adjacent to an activating group) is 1. The van der Waals surface area contributed by atoms with Gasteiger partial charge >= 0.3 is 13.2 Å². The largest absolute Gasteiger partial charge is 0.491 e. The molecule has 48 heavy (non-hydrogen) atoms. The molecule has 0 atom stereocenters. The summed E-state index contributed by atoms with van der Waals surface area (Å²) in [5.41, 5.74) is 3.81. The number of fused-ring (bicyclic) bond motifs is 1. The molecule has 0 aliphatic carbocycles. The Morgan fingerprint density at radius 2 is 1.75 bits per heavy atom. The van der Waals surface area contributed by atoms with Gasteiger partial charge in [0.15, 0.2) is 0 Å². The molecule has 3 heterocycles. The molecule has 0 radical (unpaired) electrons. The molecule has 0 saturated carbocycles. The third kappa shape index (κ3) is 9.15. The highest BCUT2D eigenvalue weighted by molar-refractivity contribution is 6.56. The van der Waals surface area contributed by atoms with Gasteiger partial charge in [-0.15, -0.1) is 0 Å². The third-order valence-corrected chi connectivity index (χ3v) is 8.55. The topological polar surface area (TPSA) is 106 Å². The number of nitrogens with zero attached hydrogens (tertiary/aromatic N) is 3. The number of aldehydes is 1. The molecule has 11 heteroatoms. The van der Waals surface area contributed by atoms with Gasteiger partial charge in [-0.1, -0.05) is 31.2 Å². The van der Waals surface area contributed by atoms with Gasteiger partial charge in [-0.05, 0) is 92.7 Å². The first-order valence-electron chi connectivity index (χ1n) is 16.6. The molecular weight excluding hydrogens is 607 g/mol. The van der Waals surface area contributed by atoms with Gasteiger partial charge in [0.05, 0.1) is 17.7 Å². The number of carbonyl (C=O) groups excluding carboxylic acids is 2. The molecule has 1 aliphatic heterocycles. The van der Waals surface area contributed by atoms with Gasteiger partial charge in [-0.3, -0.25) is 4.79 Å². The number of hydrogen-bond donors (Lipinski definition) is 1. The van der Waals surface area contributed by atoms with Crippen LogP contribution in [-0.4, -0.2) is 96.4 Å². The lowest BCUT2D eigenvalue weighted by atomic mass is 9.71. The van der Waals surface area contributed by atoms with Crippen molar-refractivity contribution >= 4 is 36.0 Å². The Morgan fingerprint density at radius 1 is 1.06 bits per heavy atom. The number of aromatic nitrogens is 2. The standard InChI is InChI=1S/C37H51BN4O6/c1-11-29(38-47-36(5,6)37(7,8)48-38)33(31-22-27-14-12-13-15-30(27)40-31)28-16-17-32(39-23-28)45-21-20-42(34(44)46-35(2,3)4)19-18-26(25-43)24-41(9)10/h12-18,22-23,25,40H,11,19-21,24H2,1-10H3/b26-18-,33-29+. The normalized spacial score (nSPS) is 16.6. The van der Waals surface area contributed by atoms with E-state index in [1.807, 2.05) is 64.0 Å². The van der Waals surface area contributed by atoms with Crippen LogP contribution in [0, 0.1) is 0 Å². The number of pyridine rings is 1. The van der Waals surface area contributed by atoms with Crippen LogP contribution in [0.1, 0.15) is 73.1 Å². The summed E-state index contributed by atoms with van der Waals surface area (Å²) in [6.07, 6.45) is 4.57. The molecule has 10 nitrogen and oxygen atoms in total. The van der Waals surface area contributed by atoms with Gasteiger partial charge in [-0.25, -0.2) is 9.78 Å². The molecule has 0 spiro atoms. The number of carbonyl (C=O) groups is 2. The van der Waals surface area contributed by atoms with Crippen LogP contribution in [-0.2, 0) is 18.8 Å². The molecule has 1 saturated heterocycles. The summed E-state index contributed by atoms with van der Waals surface area (Å²) in [6.45, 7) is 16.9. The van der Waals surface area contributed by atoms with Gasteiger partial charge in [0.1, 0.15) is 18.5 Å². The highest BCUT2D eigenvalue weighted by atomic mass is 16.7. The molecule has 1 fully saturated rings. The minimum Gasteiger partial charge on any atom is -0.476 e. The minimum absolute atomic E-state index is 0.183. The Kier molecular flexibility index (Phi) is 11.6. The van der Waals surface area contributed by atoms with E-state index in [0.29, 0.717) is 24.4 Å². The second kappa shape index (κ2) is 15.1. The predicted molar refractivity (Wildman–Crippen MR) is 191 cm³/mol. The maximum Gasteiger partial charge on any atom is 0.491 e. The Balaban J connectivity index is 1.58. The lowest BCUT2D eigenvalue weighted by Gasteiger charge is -2.32.